The Morgan fingerprint density at radius 3 is 2.26 bits per heavy atom. The fourth-order valence-corrected chi connectivity index (χ4v) is 4.08. The van der Waals surface area contributed by atoms with Crippen molar-refractivity contribution in [3.05, 3.63) is 126 Å². The van der Waals surface area contributed by atoms with Crippen LogP contribution in [0.25, 0.3) is 33.6 Å². The number of aromatic nitrogens is 2. The van der Waals surface area contributed by atoms with Gasteiger partial charge < -0.3 is 10.1 Å². The number of pyridine rings is 2. The molecule has 39 heavy (non-hydrogen) atoms. The smallest absolute Gasteiger partial charge is 0.124 e. The third-order valence-electron chi connectivity index (χ3n) is 6.26. The van der Waals surface area contributed by atoms with Gasteiger partial charge in [-0.1, -0.05) is 76.2 Å². The molecule has 2 heterocycles. The minimum absolute atomic E-state index is 0. The van der Waals surface area contributed by atoms with Crippen molar-refractivity contribution < 1.29 is 30.7 Å². The van der Waals surface area contributed by atoms with Gasteiger partial charge in [0.05, 0.1) is 5.69 Å². The number of nitrogens with zero attached hydrogens (tertiary/aromatic N) is 2. The number of benzene rings is 3. The van der Waals surface area contributed by atoms with Gasteiger partial charge in [0, 0.05) is 43.5 Å². The van der Waals surface area contributed by atoms with Gasteiger partial charge in [-0.25, -0.2) is 0 Å². The Bertz CT molecular complexity index is 1650. The van der Waals surface area contributed by atoms with Gasteiger partial charge >= 0.3 is 0 Å². The van der Waals surface area contributed by atoms with E-state index in [2.05, 4.69) is 29.9 Å². The summed E-state index contributed by atoms with van der Waals surface area (Å²) in [5, 5.41) is 9.75. The Labute approximate surface area is 252 Å². The molecule has 0 saturated carbocycles. The van der Waals surface area contributed by atoms with Crippen LogP contribution < -0.4 is 0 Å². The molecular formula is C35H35IrN2O-. The molecule has 0 fully saturated rings. The third-order valence-corrected chi connectivity index (χ3v) is 6.26. The molecular weight excluding hydrogens is 657 g/mol. The van der Waals surface area contributed by atoms with Gasteiger partial charge in [-0.3, -0.25) is 4.98 Å². The molecule has 0 aliphatic carbocycles. The Morgan fingerprint density at radius 2 is 1.56 bits per heavy atom. The topological polar surface area (TPSA) is 46.0 Å². The van der Waals surface area contributed by atoms with Gasteiger partial charge in [-0.05, 0) is 70.9 Å². The SMILES string of the molecule is CC(C)c1ccnc(-c2ccccc2O)c1.[2H]C([2H])([2H])c1cnc(-c2[c-]ccc(-c3ccccc3)c2)cc1C([2H])(C)C.[Ir]. The average molecular weight is 696 g/mol. The van der Waals surface area contributed by atoms with Crippen LogP contribution in [0, 0.1) is 12.9 Å². The molecule has 0 aliphatic heterocycles. The quantitative estimate of drug-likeness (QED) is 0.187. The van der Waals surface area contributed by atoms with Crippen molar-refractivity contribution in [3.8, 4) is 39.4 Å². The molecule has 1 radical (unpaired) electrons. The number of para-hydroxylation sites is 1. The van der Waals surface area contributed by atoms with E-state index in [-0.39, 0.29) is 31.4 Å². The summed E-state index contributed by atoms with van der Waals surface area (Å²) in [6.45, 7) is 5.36. The summed E-state index contributed by atoms with van der Waals surface area (Å²) in [5.74, 6) is -0.304. The Balaban J connectivity index is 0.000000256. The van der Waals surface area contributed by atoms with Gasteiger partial charge in [0.15, 0.2) is 0 Å². The average Bonchev–Trinajstić information content (AvgIpc) is 2.97. The van der Waals surface area contributed by atoms with Crippen molar-refractivity contribution in [3.63, 3.8) is 0 Å². The molecule has 0 saturated heterocycles. The van der Waals surface area contributed by atoms with E-state index in [0.29, 0.717) is 17.2 Å². The van der Waals surface area contributed by atoms with Crippen LogP contribution >= 0.6 is 0 Å². The Kier molecular flexibility index (Phi) is 8.77. The molecule has 0 bridgehead atoms. The molecule has 0 unspecified atom stereocenters. The van der Waals surface area contributed by atoms with E-state index in [0.717, 1.165) is 27.9 Å². The molecule has 4 heteroatoms. The van der Waals surface area contributed by atoms with Crippen LogP contribution in [-0.4, -0.2) is 15.1 Å². The zero-order chi connectivity index (χ0) is 30.5. The van der Waals surface area contributed by atoms with Crippen molar-refractivity contribution in [2.24, 2.45) is 0 Å². The van der Waals surface area contributed by atoms with Crippen molar-refractivity contribution in [2.75, 3.05) is 0 Å². The van der Waals surface area contributed by atoms with Gasteiger partial charge in [0.2, 0.25) is 0 Å². The molecule has 3 aromatic carbocycles. The van der Waals surface area contributed by atoms with Gasteiger partial charge in [0.1, 0.15) is 5.75 Å². The maximum Gasteiger partial charge on any atom is 0.124 e. The minimum atomic E-state index is -2.30. The maximum atomic E-state index is 9.75. The molecule has 0 aliphatic rings. The summed E-state index contributed by atoms with van der Waals surface area (Å²) in [4.78, 5) is 8.64. The number of phenolic OH excluding ortho intramolecular Hbond substituents is 1. The molecule has 5 aromatic rings. The number of phenols is 1. The zero-order valence-electron chi connectivity index (χ0n) is 26.6. The van der Waals surface area contributed by atoms with Crippen molar-refractivity contribution in [1.82, 2.24) is 9.97 Å². The molecule has 3 nitrogen and oxygen atoms in total. The van der Waals surface area contributed by atoms with Gasteiger partial charge in [0.25, 0.3) is 0 Å². The number of aromatic hydroxyl groups is 1. The zero-order valence-corrected chi connectivity index (χ0v) is 25.0. The summed E-state index contributed by atoms with van der Waals surface area (Å²) in [6.07, 6.45) is 3.16. The normalized spacial score (nSPS) is 12.6. The largest absolute Gasteiger partial charge is 0.507 e. The van der Waals surface area contributed by atoms with E-state index >= 15 is 0 Å². The summed E-state index contributed by atoms with van der Waals surface area (Å²) in [7, 11) is 0. The first-order valence-electron chi connectivity index (χ1n) is 14.7. The molecule has 5 rings (SSSR count). The molecule has 0 atom stereocenters. The predicted octanol–water partition coefficient (Wildman–Crippen LogP) is 9.22. The van der Waals surface area contributed by atoms with Crippen LogP contribution in [0.2, 0.25) is 0 Å². The van der Waals surface area contributed by atoms with Crippen LogP contribution in [0.4, 0.5) is 0 Å². The second-order valence-electron chi connectivity index (χ2n) is 9.62. The molecule has 2 aromatic heterocycles. The molecule has 0 amide bonds. The summed E-state index contributed by atoms with van der Waals surface area (Å²) in [6, 6.07) is 32.0. The van der Waals surface area contributed by atoms with Crippen LogP contribution in [-0.2, 0) is 20.1 Å². The predicted molar refractivity (Wildman–Crippen MR) is 158 cm³/mol. The fraction of sp³-hybridized carbons (Fsp3) is 0.200. The first-order chi connectivity index (χ1) is 19.8. The minimum Gasteiger partial charge on any atom is -0.507 e. The number of hydrogen-bond acceptors (Lipinski definition) is 3. The first kappa shape index (κ1) is 24.4. The van der Waals surface area contributed by atoms with Crippen molar-refractivity contribution in [2.45, 2.75) is 46.4 Å². The summed E-state index contributed by atoms with van der Waals surface area (Å²) >= 11 is 0. The molecule has 201 valence electrons. The summed E-state index contributed by atoms with van der Waals surface area (Å²) in [5.41, 5.74) is 6.93. The molecule has 1 N–H and O–H groups in total. The van der Waals surface area contributed by atoms with E-state index in [4.69, 9.17) is 5.48 Å². The van der Waals surface area contributed by atoms with E-state index in [1.165, 1.54) is 11.8 Å². The van der Waals surface area contributed by atoms with Crippen LogP contribution in [0.3, 0.4) is 0 Å². The van der Waals surface area contributed by atoms with Crippen LogP contribution in [0.5, 0.6) is 5.75 Å². The first-order valence-corrected chi connectivity index (χ1v) is 12.7. The van der Waals surface area contributed by atoms with Crippen LogP contribution in [0.1, 0.15) is 61.7 Å². The standard InChI is InChI=1S/C21H20N.C14H15NO.Ir/c1-15(2)20-13-21(22-14-16(20)3)19-11-7-10-18(12-19)17-8-5-4-6-9-17;1-10(2)11-7-8-15-13(9-11)12-5-3-4-6-14(12)16;/h4-10,12-15H,1-3H3;3-10,16H,1-2H3;/q-1;;/i3D3,15D;;. The number of aryl methyl sites for hydroxylation is 1. The Morgan fingerprint density at radius 1 is 0.821 bits per heavy atom. The third kappa shape index (κ3) is 7.72. The summed E-state index contributed by atoms with van der Waals surface area (Å²) < 4.78 is 31.5. The Hall–Kier alpha value is -3.59. The van der Waals surface area contributed by atoms with E-state index in [9.17, 15) is 5.11 Å². The van der Waals surface area contributed by atoms with Gasteiger partial charge in [-0.15, -0.1) is 35.4 Å². The van der Waals surface area contributed by atoms with E-state index in [1.807, 2.05) is 78.9 Å². The second-order valence-corrected chi connectivity index (χ2v) is 9.62. The van der Waals surface area contributed by atoms with E-state index in [1.54, 1.807) is 32.2 Å². The number of hydrogen-bond donors (Lipinski definition) is 1. The molecule has 0 spiro atoms. The maximum absolute atomic E-state index is 9.75. The second kappa shape index (κ2) is 14.0. The van der Waals surface area contributed by atoms with Gasteiger partial charge in [-0.2, -0.15) is 0 Å². The van der Waals surface area contributed by atoms with Crippen LogP contribution in [0.15, 0.2) is 103 Å². The monoisotopic (exact) mass is 696 g/mol. The van der Waals surface area contributed by atoms with Crippen molar-refractivity contribution in [1.29, 1.82) is 0 Å². The van der Waals surface area contributed by atoms with Crippen molar-refractivity contribution >= 4 is 0 Å². The fourth-order valence-electron chi connectivity index (χ4n) is 4.08. The number of rotatable bonds is 5. The van der Waals surface area contributed by atoms with E-state index < -0.39 is 12.7 Å².